The molecule has 0 atom stereocenters. The summed E-state index contributed by atoms with van der Waals surface area (Å²) in [4.78, 5) is 22.5. The van der Waals surface area contributed by atoms with Gasteiger partial charge in [-0.15, -0.1) is 0 Å². The first kappa shape index (κ1) is 17.4. The molecule has 7 nitrogen and oxygen atoms in total. The van der Waals surface area contributed by atoms with Gasteiger partial charge < -0.3 is 19.8 Å². The number of nitrogens with one attached hydrogen (secondary N) is 2. The van der Waals surface area contributed by atoms with E-state index in [1.54, 1.807) is 12.3 Å². The van der Waals surface area contributed by atoms with Crippen LogP contribution in [-0.4, -0.2) is 32.6 Å². The molecular weight excluding hydrogens is 356 g/mol. The summed E-state index contributed by atoms with van der Waals surface area (Å²) in [5.74, 6) is -0.624. The number of ether oxygens (including phenoxy) is 1. The van der Waals surface area contributed by atoms with Crippen LogP contribution in [0.1, 0.15) is 11.4 Å². The lowest BCUT2D eigenvalue weighted by atomic mass is 10.1. The van der Waals surface area contributed by atoms with Gasteiger partial charge in [0, 0.05) is 17.1 Å². The minimum Gasteiger partial charge on any atom is -0.507 e. The molecule has 3 N–H and O–H groups in total. The third-order valence-corrected chi connectivity index (χ3v) is 4.41. The lowest BCUT2D eigenvalue weighted by Gasteiger charge is -2.05. The van der Waals surface area contributed by atoms with E-state index in [0.29, 0.717) is 5.52 Å². The van der Waals surface area contributed by atoms with Crippen molar-refractivity contribution in [1.82, 2.24) is 15.0 Å². The van der Waals surface area contributed by atoms with E-state index in [4.69, 9.17) is 4.74 Å². The van der Waals surface area contributed by atoms with E-state index >= 15 is 0 Å². The van der Waals surface area contributed by atoms with Crippen molar-refractivity contribution in [3.8, 4) is 6.07 Å². The fourth-order valence-electron chi connectivity index (χ4n) is 3.03. The molecule has 4 rings (SSSR count). The number of allylic oxidation sites excluding steroid dienone is 1. The Hall–Kier alpha value is -4.05. The molecule has 28 heavy (non-hydrogen) atoms. The molecule has 0 amide bonds. The van der Waals surface area contributed by atoms with E-state index in [9.17, 15) is 15.2 Å². The molecule has 138 valence electrons. The summed E-state index contributed by atoms with van der Waals surface area (Å²) >= 11 is 0. The Morgan fingerprint density at radius 3 is 2.68 bits per heavy atom. The van der Waals surface area contributed by atoms with Crippen LogP contribution in [0.15, 0.2) is 60.5 Å². The maximum Gasteiger partial charge on any atom is 0.310 e. The molecule has 2 heterocycles. The average Bonchev–Trinajstić information content (AvgIpc) is 3.31. The van der Waals surface area contributed by atoms with Gasteiger partial charge in [0.25, 0.3) is 0 Å². The van der Waals surface area contributed by atoms with E-state index in [-0.39, 0.29) is 23.6 Å². The molecule has 0 radical (unpaired) electrons. The molecule has 0 unspecified atom stereocenters. The molecule has 0 aliphatic rings. The van der Waals surface area contributed by atoms with Gasteiger partial charge in [0.05, 0.1) is 17.5 Å². The zero-order valence-electron chi connectivity index (χ0n) is 14.8. The SMILES string of the molecule is N#CC(=C(O)COC(=O)Cc1c[nH]c2ccccc12)c1nc2ccccc2[nH]1. The quantitative estimate of drug-likeness (QED) is 0.281. The standard InChI is InChI=1S/C21H16N4O3/c22-10-15(21-24-17-7-3-4-8-18(17)25-21)19(26)12-28-20(27)9-13-11-23-16-6-2-1-5-14(13)16/h1-8,11,23,26H,9,12H2,(H,24,25). The monoisotopic (exact) mass is 372 g/mol. The van der Waals surface area contributed by atoms with Crippen molar-refractivity contribution in [2.45, 2.75) is 6.42 Å². The fraction of sp³-hybridized carbons (Fsp3) is 0.0952. The smallest absolute Gasteiger partial charge is 0.310 e. The van der Waals surface area contributed by atoms with Crippen molar-refractivity contribution in [3.05, 3.63) is 71.9 Å². The third-order valence-electron chi connectivity index (χ3n) is 4.41. The van der Waals surface area contributed by atoms with E-state index in [2.05, 4.69) is 15.0 Å². The highest BCUT2D eigenvalue weighted by Crippen LogP contribution is 2.20. The minimum absolute atomic E-state index is 0.0592. The lowest BCUT2D eigenvalue weighted by molar-refractivity contribution is -0.142. The predicted octanol–water partition coefficient (Wildman–Crippen LogP) is 3.62. The molecule has 0 spiro atoms. The topological polar surface area (TPSA) is 115 Å². The highest BCUT2D eigenvalue weighted by atomic mass is 16.5. The number of aliphatic hydroxyl groups is 1. The molecule has 0 saturated heterocycles. The number of aromatic nitrogens is 3. The fourth-order valence-corrected chi connectivity index (χ4v) is 3.03. The van der Waals surface area contributed by atoms with Gasteiger partial charge in [-0.2, -0.15) is 5.26 Å². The second-order valence-electron chi connectivity index (χ2n) is 6.23. The van der Waals surface area contributed by atoms with Gasteiger partial charge in [-0.05, 0) is 23.8 Å². The Bertz CT molecular complexity index is 1210. The second kappa shape index (κ2) is 7.29. The molecule has 0 aliphatic carbocycles. The van der Waals surface area contributed by atoms with Crippen LogP contribution < -0.4 is 0 Å². The number of rotatable bonds is 5. The average molecular weight is 372 g/mol. The van der Waals surface area contributed by atoms with Gasteiger partial charge in [0.2, 0.25) is 0 Å². The van der Waals surface area contributed by atoms with Gasteiger partial charge >= 0.3 is 5.97 Å². The molecule has 0 bridgehead atoms. The summed E-state index contributed by atoms with van der Waals surface area (Å²) in [6.45, 7) is -0.402. The number of nitriles is 1. The first-order valence-electron chi connectivity index (χ1n) is 8.63. The highest BCUT2D eigenvalue weighted by Gasteiger charge is 2.16. The van der Waals surface area contributed by atoms with Crippen molar-refractivity contribution < 1.29 is 14.6 Å². The highest BCUT2D eigenvalue weighted by molar-refractivity contribution is 5.87. The van der Waals surface area contributed by atoms with E-state index < -0.39 is 12.6 Å². The summed E-state index contributed by atoms with van der Waals surface area (Å²) < 4.78 is 5.15. The van der Waals surface area contributed by atoms with E-state index in [1.807, 2.05) is 48.5 Å². The van der Waals surface area contributed by atoms with Crippen LogP contribution in [0.25, 0.3) is 27.5 Å². The number of hydrogen-bond donors (Lipinski definition) is 3. The first-order chi connectivity index (χ1) is 13.7. The molecule has 0 saturated carbocycles. The summed E-state index contributed by atoms with van der Waals surface area (Å²) in [6, 6.07) is 16.8. The van der Waals surface area contributed by atoms with Crippen molar-refractivity contribution in [3.63, 3.8) is 0 Å². The number of imidazole rings is 1. The predicted molar refractivity (Wildman–Crippen MR) is 104 cm³/mol. The van der Waals surface area contributed by atoms with E-state index in [1.165, 1.54) is 0 Å². The number of benzene rings is 2. The van der Waals surface area contributed by atoms with Gasteiger partial charge in [-0.3, -0.25) is 4.79 Å². The summed E-state index contributed by atoms with van der Waals surface area (Å²) in [6.07, 6.45) is 1.82. The summed E-state index contributed by atoms with van der Waals surface area (Å²) in [5, 5.41) is 20.6. The van der Waals surface area contributed by atoms with Crippen molar-refractivity contribution in [2.24, 2.45) is 0 Å². The number of aromatic amines is 2. The maximum absolute atomic E-state index is 12.2. The molecule has 7 heteroatoms. The number of H-pyrrole nitrogens is 2. The van der Waals surface area contributed by atoms with Crippen molar-refractivity contribution in [1.29, 1.82) is 5.26 Å². The van der Waals surface area contributed by atoms with Crippen LogP contribution in [0, 0.1) is 11.3 Å². The van der Waals surface area contributed by atoms with Crippen LogP contribution in [0.2, 0.25) is 0 Å². The van der Waals surface area contributed by atoms with Crippen molar-refractivity contribution in [2.75, 3.05) is 6.61 Å². The number of para-hydroxylation sites is 3. The molecule has 2 aromatic heterocycles. The van der Waals surface area contributed by atoms with Crippen LogP contribution in [0.3, 0.4) is 0 Å². The van der Waals surface area contributed by atoms with E-state index in [0.717, 1.165) is 22.0 Å². The summed E-state index contributed by atoms with van der Waals surface area (Å²) in [5.41, 5.74) is 3.10. The van der Waals surface area contributed by atoms with Crippen LogP contribution in [-0.2, 0) is 16.0 Å². The van der Waals surface area contributed by atoms with Crippen LogP contribution >= 0.6 is 0 Å². The van der Waals surface area contributed by atoms with Gasteiger partial charge in [0.15, 0.2) is 11.6 Å². The van der Waals surface area contributed by atoms with Gasteiger partial charge in [-0.1, -0.05) is 30.3 Å². The Morgan fingerprint density at radius 1 is 1.14 bits per heavy atom. The number of nitrogens with zero attached hydrogens (tertiary/aromatic N) is 2. The van der Waals surface area contributed by atoms with Crippen molar-refractivity contribution >= 4 is 33.5 Å². The zero-order valence-corrected chi connectivity index (χ0v) is 14.8. The number of fused-ring (bicyclic) bond motifs is 2. The number of carbonyl (C=O) groups is 1. The molecular formula is C21H16N4O3. The minimum atomic E-state index is -0.502. The maximum atomic E-state index is 12.2. The summed E-state index contributed by atoms with van der Waals surface area (Å²) in [7, 11) is 0. The zero-order chi connectivity index (χ0) is 19.5. The van der Waals surface area contributed by atoms with Crippen LogP contribution in [0.5, 0.6) is 0 Å². The number of esters is 1. The normalized spacial score (nSPS) is 12.0. The number of hydrogen-bond acceptors (Lipinski definition) is 5. The number of carbonyl (C=O) groups excluding carboxylic acids is 1. The van der Waals surface area contributed by atoms with Crippen LogP contribution in [0.4, 0.5) is 0 Å². The Labute approximate surface area is 159 Å². The molecule has 2 aromatic carbocycles. The van der Waals surface area contributed by atoms with Gasteiger partial charge in [-0.25, -0.2) is 4.98 Å². The molecule has 4 aromatic rings. The Balaban J connectivity index is 1.48. The molecule has 0 fully saturated rings. The third kappa shape index (κ3) is 3.31. The first-order valence-corrected chi connectivity index (χ1v) is 8.63. The van der Waals surface area contributed by atoms with Gasteiger partial charge in [0.1, 0.15) is 18.2 Å². The lowest BCUT2D eigenvalue weighted by Crippen LogP contribution is -2.11. The Kier molecular flexibility index (Phi) is 4.52. The second-order valence-corrected chi connectivity index (χ2v) is 6.23. The Morgan fingerprint density at radius 2 is 1.89 bits per heavy atom. The number of aliphatic hydroxyl groups excluding tert-OH is 1. The molecule has 0 aliphatic heterocycles. The largest absolute Gasteiger partial charge is 0.507 e.